The third-order valence-corrected chi connectivity index (χ3v) is 4.34. The first kappa shape index (κ1) is 15.7. The zero-order chi connectivity index (χ0) is 13.9. The van der Waals surface area contributed by atoms with E-state index < -0.39 is 0 Å². The van der Waals surface area contributed by atoms with Gasteiger partial charge >= 0.3 is 0 Å². The summed E-state index contributed by atoms with van der Waals surface area (Å²) in [5.74, 6) is 0. The highest BCUT2D eigenvalue weighted by molar-refractivity contribution is 7.10. The van der Waals surface area contributed by atoms with Crippen molar-refractivity contribution in [2.75, 3.05) is 13.6 Å². The zero-order valence-electron chi connectivity index (χ0n) is 12.7. The molecule has 1 heterocycles. The Hall–Kier alpha value is -0.380. The van der Waals surface area contributed by atoms with E-state index in [1.54, 1.807) is 0 Å². The maximum absolute atomic E-state index is 6.36. The standard InChI is InChI=1S/C15H28N2S/c1-7-12(16)13(14-11(2)8-9-18-14)17(6)10-15(3,4)5/h8-9,12-13H,7,10,16H2,1-6H3. The summed E-state index contributed by atoms with van der Waals surface area (Å²) in [7, 11) is 2.20. The Morgan fingerprint density at radius 3 is 2.39 bits per heavy atom. The van der Waals surface area contributed by atoms with Crippen molar-refractivity contribution < 1.29 is 0 Å². The number of hydrogen-bond acceptors (Lipinski definition) is 3. The molecule has 0 spiro atoms. The second-order valence-electron chi connectivity index (χ2n) is 6.46. The number of nitrogens with two attached hydrogens (primary N) is 1. The molecule has 0 aliphatic carbocycles. The Balaban J connectivity index is 2.96. The molecule has 2 N–H and O–H groups in total. The van der Waals surface area contributed by atoms with Crippen molar-refractivity contribution in [3.05, 3.63) is 21.9 Å². The lowest BCUT2D eigenvalue weighted by Gasteiger charge is -2.36. The summed E-state index contributed by atoms with van der Waals surface area (Å²) in [6.07, 6.45) is 1.01. The van der Waals surface area contributed by atoms with Crippen LogP contribution in [0.1, 0.15) is 50.6 Å². The molecule has 1 rings (SSSR count). The minimum absolute atomic E-state index is 0.203. The molecule has 2 unspecified atom stereocenters. The highest BCUT2D eigenvalue weighted by Gasteiger charge is 2.28. The monoisotopic (exact) mass is 268 g/mol. The molecule has 2 atom stereocenters. The molecule has 0 radical (unpaired) electrons. The summed E-state index contributed by atoms with van der Waals surface area (Å²) in [4.78, 5) is 3.85. The molecule has 0 saturated carbocycles. The van der Waals surface area contributed by atoms with Crippen molar-refractivity contribution in [2.24, 2.45) is 11.1 Å². The van der Waals surface area contributed by atoms with E-state index in [2.05, 4.69) is 58.0 Å². The summed E-state index contributed by atoms with van der Waals surface area (Å²) in [6.45, 7) is 12.2. The Morgan fingerprint density at radius 1 is 1.39 bits per heavy atom. The molecule has 0 aromatic carbocycles. The number of rotatable bonds is 5. The molecular weight excluding hydrogens is 240 g/mol. The first-order chi connectivity index (χ1) is 8.26. The lowest BCUT2D eigenvalue weighted by Crippen LogP contribution is -2.42. The fourth-order valence-electron chi connectivity index (χ4n) is 2.48. The number of nitrogens with zero attached hydrogens (tertiary/aromatic N) is 1. The molecular formula is C15H28N2S. The van der Waals surface area contributed by atoms with Crippen LogP contribution >= 0.6 is 11.3 Å². The number of hydrogen-bond donors (Lipinski definition) is 1. The molecule has 0 aliphatic rings. The molecule has 0 amide bonds. The van der Waals surface area contributed by atoms with Gasteiger partial charge in [-0.05, 0) is 42.8 Å². The van der Waals surface area contributed by atoms with E-state index in [1.165, 1.54) is 10.4 Å². The van der Waals surface area contributed by atoms with Crippen molar-refractivity contribution in [3.63, 3.8) is 0 Å². The molecule has 3 heteroatoms. The van der Waals surface area contributed by atoms with Gasteiger partial charge in [0.05, 0.1) is 6.04 Å². The molecule has 1 aromatic heterocycles. The minimum atomic E-state index is 0.203. The van der Waals surface area contributed by atoms with Gasteiger partial charge < -0.3 is 5.73 Å². The van der Waals surface area contributed by atoms with E-state index in [0.29, 0.717) is 11.5 Å². The summed E-state index contributed by atoms with van der Waals surface area (Å²) in [5, 5.41) is 2.17. The number of thiophene rings is 1. The molecule has 0 fully saturated rings. The Bertz CT molecular complexity index is 365. The minimum Gasteiger partial charge on any atom is -0.326 e. The summed E-state index contributed by atoms with van der Waals surface area (Å²) in [5.41, 5.74) is 8.03. The molecule has 1 aromatic rings. The maximum atomic E-state index is 6.36. The average Bonchev–Trinajstić information content (AvgIpc) is 2.62. The van der Waals surface area contributed by atoms with E-state index in [1.807, 2.05) is 11.3 Å². The summed E-state index contributed by atoms with van der Waals surface area (Å²) in [6, 6.07) is 2.74. The summed E-state index contributed by atoms with van der Waals surface area (Å²) >= 11 is 1.83. The van der Waals surface area contributed by atoms with Gasteiger partial charge in [-0.3, -0.25) is 4.90 Å². The van der Waals surface area contributed by atoms with Gasteiger partial charge in [0, 0.05) is 17.5 Å². The molecule has 0 aliphatic heterocycles. The van der Waals surface area contributed by atoms with Crippen LogP contribution in [0.2, 0.25) is 0 Å². The van der Waals surface area contributed by atoms with Gasteiger partial charge in [-0.25, -0.2) is 0 Å². The van der Waals surface area contributed by atoms with Crippen molar-refractivity contribution in [1.29, 1.82) is 0 Å². The second-order valence-corrected chi connectivity index (χ2v) is 7.41. The lowest BCUT2D eigenvalue weighted by molar-refractivity contribution is 0.153. The zero-order valence-corrected chi connectivity index (χ0v) is 13.5. The number of likely N-dealkylation sites (N-methyl/N-ethyl adjacent to an activating group) is 1. The topological polar surface area (TPSA) is 29.3 Å². The van der Waals surface area contributed by atoms with Crippen LogP contribution in [0.3, 0.4) is 0 Å². The largest absolute Gasteiger partial charge is 0.326 e. The van der Waals surface area contributed by atoms with Crippen LogP contribution in [0.4, 0.5) is 0 Å². The van der Waals surface area contributed by atoms with E-state index in [-0.39, 0.29) is 6.04 Å². The lowest BCUT2D eigenvalue weighted by atomic mass is 9.93. The Kier molecular flexibility index (Phi) is 5.38. The number of aryl methyl sites for hydroxylation is 1. The van der Waals surface area contributed by atoms with Crippen LogP contribution in [0.5, 0.6) is 0 Å². The van der Waals surface area contributed by atoms with Crippen LogP contribution < -0.4 is 5.73 Å². The third kappa shape index (κ3) is 4.08. The Morgan fingerprint density at radius 2 is 2.00 bits per heavy atom. The van der Waals surface area contributed by atoms with E-state index in [9.17, 15) is 0 Å². The van der Waals surface area contributed by atoms with E-state index in [0.717, 1.165) is 13.0 Å². The average molecular weight is 268 g/mol. The van der Waals surface area contributed by atoms with Crippen LogP contribution in [-0.2, 0) is 0 Å². The second kappa shape index (κ2) is 6.18. The predicted molar refractivity (Wildman–Crippen MR) is 82.1 cm³/mol. The maximum Gasteiger partial charge on any atom is 0.0593 e. The van der Waals surface area contributed by atoms with Gasteiger partial charge in [-0.15, -0.1) is 11.3 Å². The van der Waals surface area contributed by atoms with Crippen LogP contribution in [0.25, 0.3) is 0 Å². The highest BCUT2D eigenvalue weighted by atomic mass is 32.1. The van der Waals surface area contributed by atoms with Crippen LogP contribution in [-0.4, -0.2) is 24.5 Å². The molecule has 18 heavy (non-hydrogen) atoms. The molecule has 0 saturated heterocycles. The highest BCUT2D eigenvalue weighted by Crippen LogP contribution is 2.32. The van der Waals surface area contributed by atoms with Gasteiger partial charge in [-0.2, -0.15) is 0 Å². The van der Waals surface area contributed by atoms with E-state index >= 15 is 0 Å². The van der Waals surface area contributed by atoms with Gasteiger partial charge in [0.2, 0.25) is 0 Å². The van der Waals surface area contributed by atoms with Gasteiger partial charge in [0.15, 0.2) is 0 Å². The first-order valence-electron chi connectivity index (χ1n) is 6.76. The SMILES string of the molecule is CCC(N)C(c1sccc1C)N(C)CC(C)(C)C. The van der Waals surface area contributed by atoms with Crippen molar-refractivity contribution in [2.45, 2.75) is 53.1 Å². The molecule has 104 valence electrons. The molecule has 0 bridgehead atoms. The van der Waals surface area contributed by atoms with Crippen LogP contribution in [0.15, 0.2) is 11.4 Å². The summed E-state index contributed by atoms with van der Waals surface area (Å²) < 4.78 is 0. The van der Waals surface area contributed by atoms with Gasteiger partial charge in [0.25, 0.3) is 0 Å². The first-order valence-corrected chi connectivity index (χ1v) is 7.64. The van der Waals surface area contributed by atoms with E-state index in [4.69, 9.17) is 5.73 Å². The van der Waals surface area contributed by atoms with Gasteiger partial charge in [-0.1, -0.05) is 27.7 Å². The normalized spacial score (nSPS) is 16.0. The van der Waals surface area contributed by atoms with Crippen molar-refractivity contribution >= 4 is 11.3 Å². The third-order valence-electron chi connectivity index (χ3n) is 3.25. The van der Waals surface area contributed by atoms with Crippen molar-refractivity contribution in [1.82, 2.24) is 4.90 Å². The molecule has 2 nitrogen and oxygen atoms in total. The quantitative estimate of drug-likeness (QED) is 0.880. The smallest absolute Gasteiger partial charge is 0.0593 e. The Labute approximate surface area is 116 Å². The predicted octanol–water partition coefficient (Wildman–Crippen LogP) is 3.81. The van der Waals surface area contributed by atoms with Gasteiger partial charge in [0.1, 0.15) is 0 Å². The van der Waals surface area contributed by atoms with Crippen molar-refractivity contribution in [3.8, 4) is 0 Å². The van der Waals surface area contributed by atoms with Crippen LogP contribution in [0, 0.1) is 12.3 Å². The fourth-order valence-corrected chi connectivity index (χ4v) is 3.65. The fraction of sp³-hybridized carbons (Fsp3) is 0.733.